The van der Waals surface area contributed by atoms with E-state index in [1.807, 2.05) is 0 Å². The van der Waals surface area contributed by atoms with Crippen LogP contribution in [0.4, 0.5) is 13.2 Å². The lowest BCUT2D eigenvalue weighted by molar-refractivity contribution is -0.172. The third-order valence-corrected chi connectivity index (χ3v) is 3.31. The van der Waals surface area contributed by atoms with E-state index in [0.29, 0.717) is 16.8 Å². The molecular formula is C11H13F3N2O2S. The minimum atomic E-state index is -4.30. The number of nitrogens with zero attached hydrogens (tertiary/aromatic N) is 1. The predicted molar refractivity (Wildman–Crippen MR) is 64.4 cm³/mol. The van der Waals surface area contributed by atoms with Crippen LogP contribution in [0, 0.1) is 0 Å². The van der Waals surface area contributed by atoms with E-state index in [-0.39, 0.29) is 12.2 Å². The van der Waals surface area contributed by atoms with Crippen molar-refractivity contribution in [2.45, 2.75) is 30.1 Å². The minimum Gasteiger partial charge on any atom is -0.371 e. The number of aromatic nitrogens is 2. The van der Waals surface area contributed by atoms with Gasteiger partial charge >= 0.3 is 6.18 Å². The lowest BCUT2D eigenvalue weighted by Gasteiger charge is -2.07. The van der Waals surface area contributed by atoms with E-state index in [0.717, 1.165) is 18.5 Å². The molecule has 4 nitrogen and oxygen atoms in total. The number of hydrogen-bond acceptors (Lipinski definition) is 4. The van der Waals surface area contributed by atoms with Gasteiger partial charge in [-0.2, -0.15) is 13.2 Å². The van der Waals surface area contributed by atoms with Crippen LogP contribution in [0.1, 0.15) is 24.5 Å². The van der Waals surface area contributed by atoms with Gasteiger partial charge in [-0.1, -0.05) is 11.8 Å². The topological polar surface area (TPSA) is 55.0 Å². The summed E-state index contributed by atoms with van der Waals surface area (Å²) in [6.45, 7) is -1.29. The smallest absolute Gasteiger partial charge is 0.371 e. The van der Waals surface area contributed by atoms with Gasteiger partial charge in [0, 0.05) is 17.7 Å². The van der Waals surface area contributed by atoms with Crippen molar-refractivity contribution in [3.63, 3.8) is 0 Å². The molecule has 1 heterocycles. The van der Waals surface area contributed by atoms with Crippen LogP contribution in [-0.4, -0.2) is 35.1 Å². The largest absolute Gasteiger partial charge is 0.411 e. The lowest BCUT2D eigenvalue weighted by atomic mass is 10.3. The van der Waals surface area contributed by atoms with Crippen LogP contribution >= 0.6 is 11.8 Å². The van der Waals surface area contributed by atoms with E-state index in [1.165, 1.54) is 17.8 Å². The van der Waals surface area contributed by atoms with Gasteiger partial charge in [-0.25, -0.2) is 4.98 Å². The molecule has 2 rings (SSSR count). The van der Waals surface area contributed by atoms with Crippen LogP contribution in [0.2, 0.25) is 0 Å². The summed E-state index contributed by atoms with van der Waals surface area (Å²) in [6.07, 6.45) is -2.23. The maximum absolute atomic E-state index is 11.8. The summed E-state index contributed by atoms with van der Waals surface area (Å²) in [7, 11) is 0. The van der Waals surface area contributed by atoms with Gasteiger partial charge in [-0.15, -0.1) is 0 Å². The van der Waals surface area contributed by atoms with Crippen molar-refractivity contribution in [3.8, 4) is 0 Å². The molecule has 0 bridgehead atoms. The second-order valence-electron chi connectivity index (χ2n) is 4.27. The number of hydrogen-bond donors (Lipinski definition) is 1. The summed E-state index contributed by atoms with van der Waals surface area (Å²) >= 11 is 1.19. The first-order valence-corrected chi connectivity index (χ1v) is 6.81. The van der Waals surface area contributed by atoms with Gasteiger partial charge in [0.05, 0.1) is 12.3 Å². The Hall–Kier alpha value is -1.02. The highest BCUT2D eigenvalue weighted by atomic mass is 32.2. The Morgan fingerprint density at radius 1 is 1.47 bits per heavy atom. The molecule has 8 heteroatoms. The van der Waals surface area contributed by atoms with E-state index in [4.69, 9.17) is 0 Å². The molecule has 0 atom stereocenters. The van der Waals surface area contributed by atoms with Gasteiger partial charge in [0.2, 0.25) is 0 Å². The fourth-order valence-electron chi connectivity index (χ4n) is 1.50. The number of nitrogens with one attached hydrogen (secondary N) is 1. The van der Waals surface area contributed by atoms with Crippen LogP contribution in [0.5, 0.6) is 0 Å². The zero-order valence-electron chi connectivity index (χ0n) is 10.00. The Bertz CT molecular complexity index is 486. The Kier molecular flexibility index (Phi) is 4.51. The zero-order valence-corrected chi connectivity index (χ0v) is 10.8. The van der Waals surface area contributed by atoms with E-state index in [2.05, 4.69) is 14.7 Å². The van der Waals surface area contributed by atoms with Gasteiger partial charge in [0.25, 0.3) is 5.56 Å². The van der Waals surface area contributed by atoms with Crippen LogP contribution < -0.4 is 5.56 Å². The third kappa shape index (κ3) is 5.23. The van der Waals surface area contributed by atoms with Crippen molar-refractivity contribution >= 4 is 11.8 Å². The Labute approximate surface area is 111 Å². The molecule has 0 unspecified atom stereocenters. The summed E-state index contributed by atoms with van der Waals surface area (Å²) in [5.41, 5.74) is 0.540. The van der Waals surface area contributed by atoms with Gasteiger partial charge in [0.15, 0.2) is 5.16 Å². The molecule has 19 heavy (non-hydrogen) atoms. The highest BCUT2D eigenvalue weighted by Crippen LogP contribution is 2.38. The number of thioether (sulfide) groups is 1. The number of alkyl halides is 3. The number of ether oxygens (including phenoxy) is 1. The highest BCUT2D eigenvalue weighted by Gasteiger charge is 2.27. The van der Waals surface area contributed by atoms with Crippen LogP contribution in [0.25, 0.3) is 0 Å². The molecule has 1 aromatic rings. The van der Waals surface area contributed by atoms with Crippen LogP contribution in [-0.2, 0) is 4.74 Å². The normalized spacial score (nSPS) is 15.7. The fraction of sp³-hybridized carbons (Fsp3) is 0.636. The summed E-state index contributed by atoms with van der Waals surface area (Å²) in [6, 6.07) is 1.47. The lowest BCUT2D eigenvalue weighted by Crippen LogP contribution is -2.18. The van der Waals surface area contributed by atoms with E-state index >= 15 is 0 Å². The Balaban J connectivity index is 1.78. The summed E-state index contributed by atoms with van der Waals surface area (Å²) in [5, 5.41) is 0.435. The molecule has 1 aliphatic carbocycles. The first-order valence-electron chi connectivity index (χ1n) is 5.82. The minimum absolute atomic E-state index is 0.0401. The molecule has 1 aliphatic rings. The van der Waals surface area contributed by atoms with Crippen molar-refractivity contribution < 1.29 is 17.9 Å². The van der Waals surface area contributed by atoms with Crippen molar-refractivity contribution in [1.82, 2.24) is 9.97 Å². The standard InChI is InChI=1S/C11H13F3N2O2S/c12-11(13,14)6-18-3-4-19-10-15-8(7-1-2-7)5-9(17)16-10/h5,7H,1-4,6H2,(H,15,16,17). The van der Waals surface area contributed by atoms with Crippen LogP contribution in [0.15, 0.2) is 16.0 Å². The van der Waals surface area contributed by atoms with E-state index in [1.54, 1.807) is 0 Å². The molecule has 0 spiro atoms. The number of aromatic amines is 1. The summed E-state index contributed by atoms with van der Waals surface area (Å²) in [4.78, 5) is 18.2. The monoisotopic (exact) mass is 294 g/mol. The first-order chi connectivity index (χ1) is 8.94. The van der Waals surface area contributed by atoms with Crippen molar-refractivity contribution in [1.29, 1.82) is 0 Å². The van der Waals surface area contributed by atoms with E-state index in [9.17, 15) is 18.0 Å². The van der Waals surface area contributed by atoms with Crippen molar-refractivity contribution in [2.24, 2.45) is 0 Å². The number of rotatable bonds is 6. The maximum atomic E-state index is 11.8. The van der Waals surface area contributed by atoms with E-state index < -0.39 is 12.8 Å². The summed E-state index contributed by atoms with van der Waals surface area (Å²) in [5.74, 6) is 0.677. The van der Waals surface area contributed by atoms with Crippen LogP contribution in [0.3, 0.4) is 0 Å². The average Bonchev–Trinajstić information content (AvgIpc) is 3.10. The molecule has 1 aromatic heterocycles. The second kappa shape index (κ2) is 5.96. The number of halogens is 3. The molecule has 106 valence electrons. The Morgan fingerprint density at radius 2 is 2.21 bits per heavy atom. The molecule has 0 amide bonds. The molecule has 0 radical (unpaired) electrons. The molecule has 1 saturated carbocycles. The predicted octanol–water partition coefficient (Wildman–Crippen LogP) is 2.32. The molecule has 1 fully saturated rings. The zero-order chi connectivity index (χ0) is 13.9. The fourth-order valence-corrected chi connectivity index (χ4v) is 2.23. The van der Waals surface area contributed by atoms with Gasteiger partial charge < -0.3 is 9.72 Å². The highest BCUT2D eigenvalue weighted by molar-refractivity contribution is 7.99. The van der Waals surface area contributed by atoms with Crippen molar-refractivity contribution in [2.75, 3.05) is 19.0 Å². The van der Waals surface area contributed by atoms with Crippen molar-refractivity contribution in [3.05, 3.63) is 22.1 Å². The third-order valence-electron chi connectivity index (χ3n) is 2.47. The number of H-pyrrole nitrogens is 1. The Morgan fingerprint density at radius 3 is 2.84 bits per heavy atom. The molecule has 1 N–H and O–H groups in total. The summed E-state index contributed by atoms with van der Waals surface area (Å²) < 4.78 is 39.9. The molecular weight excluding hydrogens is 281 g/mol. The average molecular weight is 294 g/mol. The second-order valence-corrected chi connectivity index (χ2v) is 5.35. The quantitative estimate of drug-likeness (QED) is 0.497. The molecule has 0 aliphatic heterocycles. The van der Waals surface area contributed by atoms with Gasteiger partial charge in [0.1, 0.15) is 6.61 Å². The maximum Gasteiger partial charge on any atom is 0.411 e. The SMILES string of the molecule is O=c1cc(C2CC2)nc(SCCOCC(F)(F)F)[nH]1. The first kappa shape index (κ1) is 14.4. The molecule has 0 saturated heterocycles. The van der Waals surface area contributed by atoms with Gasteiger partial charge in [-0.3, -0.25) is 4.79 Å². The molecule has 0 aromatic carbocycles. The van der Waals surface area contributed by atoms with Gasteiger partial charge in [-0.05, 0) is 12.8 Å².